The van der Waals surface area contributed by atoms with Gasteiger partial charge < -0.3 is 9.47 Å². The Kier molecular flexibility index (Phi) is 5.50. The van der Waals surface area contributed by atoms with Crippen LogP contribution in [0, 0.1) is 5.92 Å². The van der Waals surface area contributed by atoms with Gasteiger partial charge in [0, 0.05) is 37.5 Å². The van der Waals surface area contributed by atoms with Gasteiger partial charge >= 0.3 is 12.1 Å². The van der Waals surface area contributed by atoms with Crippen molar-refractivity contribution in [2.75, 3.05) is 19.6 Å². The van der Waals surface area contributed by atoms with E-state index in [0.717, 1.165) is 36.2 Å². The molecule has 2 aromatic carbocycles. The quantitative estimate of drug-likeness (QED) is 0.414. The largest absolute Gasteiger partial charge is 0.416 e. The van der Waals surface area contributed by atoms with E-state index in [1.54, 1.807) is 31.3 Å². The first-order valence-electron chi connectivity index (χ1n) is 11.3. The first-order chi connectivity index (χ1) is 16.1. The zero-order valence-electron chi connectivity index (χ0n) is 18.7. The van der Waals surface area contributed by atoms with E-state index in [4.69, 9.17) is 0 Å². The van der Waals surface area contributed by atoms with Crippen LogP contribution in [0.3, 0.4) is 0 Å². The van der Waals surface area contributed by atoms with Crippen LogP contribution in [-0.4, -0.2) is 39.3 Å². The first-order valence-corrected chi connectivity index (χ1v) is 11.3. The molecule has 2 fully saturated rings. The van der Waals surface area contributed by atoms with Crippen LogP contribution in [-0.2, 0) is 24.6 Å². The summed E-state index contributed by atoms with van der Waals surface area (Å²) >= 11 is 0. The standard InChI is InChI=1S/C25H25F5N4/c1-33-21(17-6-3-2-4-7-17)31-32-22(33)24(26,27)12-5-13-34-15-20-14-23(20,16-34)18-8-10-19(11-9-18)25(28,29)30/h2-4,6-11,20H,5,12-16H2,1H3/t20-,23+/m0/s1. The van der Waals surface area contributed by atoms with E-state index in [9.17, 15) is 22.0 Å². The second-order valence-corrected chi connectivity index (χ2v) is 9.45. The van der Waals surface area contributed by atoms with E-state index in [1.165, 1.54) is 4.57 Å². The van der Waals surface area contributed by atoms with Crippen LogP contribution >= 0.6 is 0 Å². The fourth-order valence-corrected chi connectivity index (χ4v) is 5.32. The van der Waals surface area contributed by atoms with Crippen LogP contribution in [0.4, 0.5) is 22.0 Å². The number of hydrogen-bond donors (Lipinski definition) is 0. The summed E-state index contributed by atoms with van der Waals surface area (Å²) in [5.74, 6) is -2.69. The SMILES string of the molecule is Cn1c(-c2ccccc2)nnc1C(F)(F)CCCN1C[C@@H]2C[C@]2(c2ccc(C(F)(F)F)cc2)C1. The molecule has 2 heterocycles. The Hall–Kier alpha value is -2.81. The first kappa shape index (κ1) is 23.0. The van der Waals surface area contributed by atoms with E-state index in [2.05, 4.69) is 15.1 Å². The van der Waals surface area contributed by atoms with Crippen molar-refractivity contribution in [1.29, 1.82) is 0 Å². The van der Waals surface area contributed by atoms with Crippen molar-refractivity contribution < 1.29 is 22.0 Å². The van der Waals surface area contributed by atoms with Crippen LogP contribution < -0.4 is 0 Å². The maximum atomic E-state index is 14.9. The molecule has 0 amide bonds. The van der Waals surface area contributed by atoms with Gasteiger partial charge in [-0.15, -0.1) is 10.2 Å². The molecule has 4 nitrogen and oxygen atoms in total. The normalized spacial score (nSPS) is 22.7. The van der Waals surface area contributed by atoms with Crippen molar-refractivity contribution in [3.63, 3.8) is 0 Å². The van der Waals surface area contributed by atoms with Crippen molar-refractivity contribution in [3.8, 4) is 11.4 Å². The lowest BCUT2D eigenvalue weighted by molar-refractivity contribution is -0.137. The summed E-state index contributed by atoms with van der Waals surface area (Å²) in [5, 5.41) is 7.75. The van der Waals surface area contributed by atoms with Crippen molar-refractivity contribution in [3.05, 3.63) is 71.5 Å². The predicted molar refractivity (Wildman–Crippen MR) is 117 cm³/mol. The van der Waals surface area contributed by atoms with E-state index >= 15 is 0 Å². The number of aromatic nitrogens is 3. The molecule has 2 atom stereocenters. The minimum absolute atomic E-state index is 0.138. The molecular weight excluding hydrogens is 451 g/mol. The summed E-state index contributed by atoms with van der Waals surface area (Å²) in [5.41, 5.74) is 0.845. The molecule has 1 aliphatic carbocycles. The molecule has 0 bridgehead atoms. The van der Waals surface area contributed by atoms with Gasteiger partial charge in [-0.1, -0.05) is 42.5 Å². The van der Waals surface area contributed by atoms with Gasteiger partial charge in [-0.05, 0) is 43.0 Å². The van der Waals surface area contributed by atoms with Gasteiger partial charge in [0.05, 0.1) is 5.56 Å². The molecule has 5 rings (SSSR count). The van der Waals surface area contributed by atoms with Gasteiger partial charge in [0.2, 0.25) is 5.82 Å². The summed E-state index contributed by atoms with van der Waals surface area (Å²) in [7, 11) is 1.55. The van der Waals surface area contributed by atoms with Crippen LogP contribution in [0.5, 0.6) is 0 Å². The highest BCUT2D eigenvalue weighted by Crippen LogP contribution is 2.59. The number of benzene rings is 2. The molecule has 0 spiro atoms. The number of halogens is 5. The predicted octanol–water partition coefficient (Wildman–Crippen LogP) is 5.65. The lowest BCUT2D eigenvalue weighted by Crippen LogP contribution is -2.29. The molecule has 180 valence electrons. The Morgan fingerprint density at radius 1 is 0.971 bits per heavy atom. The molecule has 1 saturated carbocycles. The average molecular weight is 476 g/mol. The molecule has 1 aliphatic heterocycles. The Morgan fingerprint density at radius 2 is 1.68 bits per heavy atom. The van der Waals surface area contributed by atoms with Gasteiger partial charge in [0.15, 0.2) is 5.82 Å². The number of rotatable bonds is 7. The molecule has 2 aliphatic rings. The molecule has 1 saturated heterocycles. The van der Waals surface area contributed by atoms with E-state index in [0.29, 0.717) is 24.8 Å². The lowest BCUT2D eigenvalue weighted by Gasteiger charge is -2.22. The van der Waals surface area contributed by atoms with Gasteiger partial charge in [0.1, 0.15) is 0 Å². The van der Waals surface area contributed by atoms with Gasteiger partial charge in [-0.3, -0.25) is 0 Å². The molecule has 34 heavy (non-hydrogen) atoms. The number of hydrogen-bond acceptors (Lipinski definition) is 3. The highest BCUT2D eigenvalue weighted by atomic mass is 19.4. The highest BCUT2D eigenvalue weighted by Gasteiger charge is 2.60. The maximum absolute atomic E-state index is 14.9. The molecule has 0 radical (unpaired) electrons. The molecule has 0 unspecified atom stereocenters. The fraction of sp³-hybridized carbons (Fsp3) is 0.440. The Bertz CT molecular complexity index is 1160. The smallest absolute Gasteiger partial charge is 0.309 e. The molecule has 0 N–H and O–H groups in total. The highest BCUT2D eigenvalue weighted by molar-refractivity contribution is 5.55. The Balaban J connectivity index is 1.18. The third-order valence-corrected chi connectivity index (χ3v) is 7.20. The maximum Gasteiger partial charge on any atom is 0.416 e. The fourth-order valence-electron chi connectivity index (χ4n) is 5.32. The van der Waals surface area contributed by atoms with E-state index in [1.807, 2.05) is 18.2 Å². The summed E-state index contributed by atoms with van der Waals surface area (Å²) in [6.45, 7) is 1.99. The number of likely N-dealkylation sites (tertiary alicyclic amines) is 1. The topological polar surface area (TPSA) is 34.0 Å². The summed E-state index contributed by atoms with van der Waals surface area (Å²) in [6, 6.07) is 14.5. The zero-order chi connectivity index (χ0) is 24.1. The molecular formula is C25H25F5N4. The van der Waals surface area contributed by atoms with Crippen molar-refractivity contribution >= 4 is 0 Å². The number of alkyl halides is 5. The molecule has 1 aromatic heterocycles. The number of piperidine rings is 1. The number of nitrogens with zero attached hydrogens (tertiary/aromatic N) is 4. The third kappa shape index (κ3) is 4.10. The summed E-state index contributed by atoms with van der Waals surface area (Å²) < 4.78 is 69.8. The Morgan fingerprint density at radius 3 is 2.35 bits per heavy atom. The van der Waals surface area contributed by atoms with Crippen LogP contribution in [0.1, 0.15) is 36.2 Å². The molecule has 9 heteroatoms. The molecule has 3 aromatic rings. The van der Waals surface area contributed by atoms with Gasteiger partial charge in [-0.25, -0.2) is 0 Å². The second kappa shape index (κ2) is 8.15. The van der Waals surface area contributed by atoms with Crippen LogP contribution in [0.25, 0.3) is 11.4 Å². The third-order valence-electron chi connectivity index (χ3n) is 7.20. The summed E-state index contributed by atoms with van der Waals surface area (Å²) in [6.07, 6.45) is -3.47. The number of fused-ring (bicyclic) bond motifs is 1. The van der Waals surface area contributed by atoms with Crippen LogP contribution in [0.15, 0.2) is 54.6 Å². The van der Waals surface area contributed by atoms with Crippen molar-refractivity contribution in [1.82, 2.24) is 19.7 Å². The summed E-state index contributed by atoms with van der Waals surface area (Å²) in [4.78, 5) is 2.15. The monoisotopic (exact) mass is 476 g/mol. The average Bonchev–Trinajstić information content (AvgIpc) is 3.15. The minimum Gasteiger partial charge on any atom is -0.309 e. The van der Waals surface area contributed by atoms with Crippen molar-refractivity contribution in [2.24, 2.45) is 13.0 Å². The Labute approximate surface area is 194 Å². The zero-order valence-corrected chi connectivity index (χ0v) is 18.7. The van der Waals surface area contributed by atoms with E-state index < -0.39 is 17.7 Å². The second-order valence-electron chi connectivity index (χ2n) is 9.45. The van der Waals surface area contributed by atoms with Crippen molar-refractivity contribution in [2.45, 2.75) is 36.8 Å². The van der Waals surface area contributed by atoms with Gasteiger partial charge in [-0.2, -0.15) is 22.0 Å². The van der Waals surface area contributed by atoms with E-state index in [-0.39, 0.29) is 24.1 Å². The minimum atomic E-state index is -4.35. The van der Waals surface area contributed by atoms with Gasteiger partial charge in [0.25, 0.3) is 0 Å². The lowest BCUT2D eigenvalue weighted by atomic mass is 9.94. The van der Waals surface area contributed by atoms with Crippen LogP contribution in [0.2, 0.25) is 0 Å².